The first kappa shape index (κ1) is 17.2. The van der Waals surface area contributed by atoms with Crippen molar-refractivity contribution in [2.45, 2.75) is 51.9 Å². The van der Waals surface area contributed by atoms with Crippen LogP contribution in [0.2, 0.25) is 0 Å². The first-order valence-corrected chi connectivity index (χ1v) is 7.68. The van der Waals surface area contributed by atoms with E-state index >= 15 is 0 Å². The fraction of sp³-hybridized carbons (Fsp3) is 0.529. The van der Waals surface area contributed by atoms with Crippen molar-refractivity contribution >= 4 is 11.9 Å². The lowest BCUT2D eigenvalue weighted by atomic mass is 10.0. The van der Waals surface area contributed by atoms with E-state index in [1.165, 1.54) is 44.1 Å². The molecule has 0 aliphatic rings. The van der Waals surface area contributed by atoms with Gasteiger partial charge in [-0.25, -0.2) is 4.79 Å². The summed E-state index contributed by atoms with van der Waals surface area (Å²) >= 11 is 0. The molecular weight excluding hydrogens is 266 g/mol. The number of hydrogen-bond donors (Lipinski definition) is 1. The molecule has 0 atom stereocenters. The van der Waals surface area contributed by atoms with Gasteiger partial charge in [-0.05, 0) is 30.5 Å². The van der Waals surface area contributed by atoms with Crippen LogP contribution < -0.4 is 5.73 Å². The highest BCUT2D eigenvalue weighted by molar-refractivity contribution is 5.91. The smallest absolute Gasteiger partial charge is 0.338 e. The maximum atomic E-state index is 11.6. The van der Waals surface area contributed by atoms with Crippen molar-refractivity contribution in [3.63, 3.8) is 0 Å². The second kappa shape index (κ2) is 9.97. The number of hydrogen-bond acceptors (Lipinski definition) is 3. The molecule has 0 bridgehead atoms. The number of esters is 1. The van der Waals surface area contributed by atoms with Crippen LogP contribution in [0.5, 0.6) is 0 Å². The van der Waals surface area contributed by atoms with Crippen molar-refractivity contribution < 1.29 is 14.3 Å². The van der Waals surface area contributed by atoms with Gasteiger partial charge in [-0.15, -0.1) is 0 Å². The fourth-order valence-electron chi connectivity index (χ4n) is 2.14. The summed E-state index contributed by atoms with van der Waals surface area (Å²) in [6, 6.07) is 7.34. The number of nitrogens with two attached hydrogens (primary N) is 1. The van der Waals surface area contributed by atoms with Gasteiger partial charge in [0, 0.05) is 0 Å². The Morgan fingerprint density at radius 1 is 1.00 bits per heavy atom. The van der Waals surface area contributed by atoms with Crippen molar-refractivity contribution in [3.05, 3.63) is 35.4 Å². The molecule has 0 spiro atoms. The van der Waals surface area contributed by atoms with Crippen LogP contribution in [0.15, 0.2) is 24.3 Å². The van der Waals surface area contributed by atoms with Gasteiger partial charge in [-0.1, -0.05) is 51.2 Å². The number of aryl methyl sites for hydroxylation is 1. The van der Waals surface area contributed by atoms with Crippen molar-refractivity contribution in [1.82, 2.24) is 0 Å². The molecule has 0 radical (unpaired) electrons. The lowest BCUT2D eigenvalue weighted by Crippen LogP contribution is -2.20. The minimum atomic E-state index is -0.650. The van der Waals surface area contributed by atoms with Crippen LogP contribution in [0.1, 0.15) is 61.4 Å². The van der Waals surface area contributed by atoms with Crippen molar-refractivity contribution in [2.24, 2.45) is 5.73 Å². The number of primary amides is 1. The van der Waals surface area contributed by atoms with E-state index in [9.17, 15) is 9.59 Å². The lowest BCUT2D eigenvalue weighted by molar-refractivity contribution is -0.121. The molecule has 4 nitrogen and oxygen atoms in total. The predicted octanol–water partition coefficient (Wildman–Crippen LogP) is 3.23. The third-order valence-corrected chi connectivity index (χ3v) is 3.35. The van der Waals surface area contributed by atoms with E-state index in [0.29, 0.717) is 5.56 Å². The lowest BCUT2D eigenvalue weighted by Gasteiger charge is -2.05. The van der Waals surface area contributed by atoms with E-state index in [-0.39, 0.29) is 6.61 Å². The standard InChI is InChI=1S/C17H25NO3/c1-2-3-4-5-6-7-8-14-9-11-15(12-10-14)17(20)21-13-16(18)19/h9-12H,2-8,13H2,1H3,(H2,18,19). The molecule has 0 unspecified atom stereocenters. The highest BCUT2D eigenvalue weighted by atomic mass is 16.5. The van der Waals surface area contributed by atoms with Gasteiger partial charge >= 0.3 is 5.97 Å². The minimum Gasteiger partial charge on any atom is -0.452 e. The molecular formula is C17H25NO3. The molecule has 0 saturated heterocycles. The zero-order chi connectivity index (χ0) is 15.5. The SMILES string of the molecule is CCCCCCCCc1ccc(C(=O)OCC(N)=O)cc1. The summed E-state index contributed by atoms with van der Waals surface area (Å²) < 4.78 is 4.75. The van der Waals surface area contributed by atoms with E-state index in [0.717, 1.165) is 6.42 Å². The Bertz CT molecular complexity index is 440. The molecule has 0 fully saturated rings. The maximum Gasteiger partial charge on any atom is 0.338 e. The molecule has 0 aliphatic heterocycles. The average Bonchev–Trinajstić information content (AvgIpc) is 2.49. The third kappa shape index (κ3) is 7.49. The summed E-state index contributed by atoms with van der Waals surface area (Å²) in [4.78, 5) is 22.1. The Morgan fingerprint density at radius 2 is 1.62 bits per heavy atom. The third-order valence-electron chi connectivity index (χ3n) is 3.35. The monoisotopic (exact) mass is 291 g/mol. The zero-order valence-electron chi connectivity index (χ0n) is 12.8. The van der Waals surface area contributed by atoms with Crippen LogP contribution in [0.4, 0.5) is 0 Å². The van der Waals surface area contributed by atoms with Crippen LogP contribution in [0, 0.1) is 0 Å². The van der Waals surface area contributed by atoms with E-state index in [1.807, 2.05) is 12.1 Å². The second-order valence-corrected chi connectivity index (χ2v) is 5.26. The molecule has 0 aromatic heterocycles. The van der Waals surface area contributed by atoms with Crippen molar-refractivity contribution in [3.8, 4) is 0 Å². The molecule has 2 N–H and O–H groups in total. The van der Waals surface area contributed by atoms with Gasteiger partial charge in [0.1, 0.15) is 0 Å². The average molecular weight is 291 g/mol. The molecule has 116 valence electrons. The topological polar surface area (TPSA) is 69.4 Å². The number of unbranched alkanes of at least 4 members (excludes halogenated alkanes) is 5. The highest BCUT2D eigenvalue weighted by Gasteiger charge is 2.08. The minimum absolute atomic E-state index is 0.377. The number of ether oxygens (including phenoxy) is 1. The summed E-state index contributed by atoms with van der Waals surface area (Å²) in [6.07, 6.45) is 8.67. The van der Waals surface area contributed by atoms with Crippen LogP contribution in [-0.2, 0) is 16.0 Å². The second-order valence-electron chi connectivity index (χ2n) is 5.26. The number of amides is 1. The molecule has 1 aromatic rings. The Labute approximate surface area is 126 Å². The van der Waals surface area contributed by atoms with Gasteiger partial charge in [0.2, 0.25) is 0 Å². The molecule has 0 aliphatic carbocycles. The first-order valence-electron chi connectivity index (χ1n) is 7.68. The van der Waals surface area contributed by atoms with E-state index in [2.05, 4.69) is 6.92 Å². The van der Waals surface area contributed by atoms with Gasteiger partial charge < -0.3 is 10.5 Å². The molecule has 0 saturated carbocycles. The summed E-state index contributed by atoms with van der Waals surface area (Å²) in [5.41, 5.74) is 6.59. The van der Waals surface area contributed by atoms with Gasteiger partial charge in [0.25, 0.3) is 5.91 Å². The Morgan fingerprint density at radius 3 is 2.24 bits per heavy atom. The largest absolute Gasteiger partial charge is 0.452 e. The van der Waals surface area contributed by atoms with Gasteiger partial charge in [0.05, 0.1) is 5.56 Å². The van der Waals surface area contributed by atoms with Crippen molar-refractivity contribution in [1.29, 1.82) is 0 Å². The fourth-order valence-corrected chi connectivity index (χ4v) is 2.14. The molecule has 4 heteroatoms. The first-order chi connectivity index (χ1) is 10.1. The number of benzene rings is 1. The number of rotatable bonds is 10. The normalized spacial score (nSPS) is 10.3. The zero-order valence-corrected chi connectivity index (χ0v) is 12.8. The Kier molecular flexibility index (Phi) is 8.17. The van der Waals surface area contributed by atoms with Crippen LogP contribution in [0.3, 0.4) is 0 Å². The molecule has 0 heterocycles. The summed E-state index contributed by atoms with van der Waals surface area (Å²) in [5, 5.41) is 0. The summed E-state index contributed by atoms with van der Waals surface area (Å²) in [7, 11) is 0. The van der Waals surface area contributed by atoms with E-state index in [1.54, 1.807) is 12.1 Å². The van der Waals surface area contributed by atoms with E-state index in [4.69, 9.17) is 10.5 Å². The maximum absolute atomic E-state index is 11.6. The molecule has 1 aromatic carbocycles. The van der Waals surface area contributed by atoms with Crippen LogP contribution in [0.25, 0.3) is 0 Å². The van der Waals surface area contributed by atoms with Crippen LogP contribution in [-0.4, -0.2) is 18.5 Å². The van der Waals surface area contributed by atoms with Gasteiger partial charge in [-0.3, -0.25) is 4.79 Å². The predicted molar refractivity (Wildman–Crippen MR) is 83.0 cm³/mol. The van der Waals surface area contributed by atoms with Crippen LogP contribution >= 0.6 is 0 Å². The Hall–Kier alpha value is -1.84. The number of carbonyl (C=O) groups excluding carboxylic acids is 2. The number of carbonyl (C=O) groups is 2. The molecule has 1 rings (SSSR count). The summed E-state index contributed by atoms with van der Waals surface area (Å²) in [6.45, 7) is 1.84. The van der Waals surface area contributed by atoms with E-state index < -0.39 is 11.9 Å². The molecule has 1 amide bonds. The molecule has 21 heavy (non-hydrogen) atoms. The van der Waals surface area contributed by atoms with Gasteiger partial charge in [0.15, 0.2) is 6.61 Å². The quantitative estimate of drug-likeness (QED) is 0.531. The van der Waals surface area contributed by atoms with Crippen molar-refractivity contribution in [2.75, 3.05) is 6.61 Å². The highest BCUT2D eigenvalue weighted by Crippen LogP contribution is 2.11. The van der Waals surface area contributed by atoms with Gasteiger partial charge in [-0.2, -0.15) is 0 Å². The summed E-state index contributed by atoms with van der Waals surface area (Å²) in [5.74, 6) is -1.16. The Balaban J connectivity index is 2.29.